The molecule has 6 nitrogen and oxygen atoms in total. The summed E-state index contributed by atoms with van der Waals surface area (Å²) in [5, 5.41) is 0. The molecule has 2 saturated heterocycles. The van der Waals surface area contributed by atoms with Crippen LogP contribution in [-0.2, 0) is 4.74 Å². The fraction of sp³-hybridized carbons (Fsp3) is 0.500. The van der Waals surface area contributed by atoms with Crippen LogP contribution in [0.25, 0.3) is 0 Å². The minimum atomic E-state index is -0.442. The van der Waals surface area contributed by atoms with Gasteiger partial charge in [0.25, 0.3) is 0 Å². The number of likely N-dealkylation sites (tertiary alicyclic amines) is 1. The zero-order valence-electron chi connectivity index (χ0n) is 16.7. The molecule has 1 spiro atoms. The van der Waals surface area contributed by atoms with Gasteiger partial charge >= 0.3 is 5.97 Å². The third-order valence-corrected chi connectivity index (χ3v) is 6.25. The molecule has 6 heteroatoms. The summed E-state index contributed by atoms with van der Waals surface area (Å²) in [6.07, 6.45) is 6.70. The third kappa shape index (κ3) is 3.87. The number of hydrogen-bond acceptors (Lipinski definition) is 6. The first-order valence-corrected chi connectivity index (χ1v) is 9.97. The number of rotatable bonds is 3. The summed E-state index contributed by atoms with van der Waals surface area (Å²) in [4.78, 5) is 25.1. The third-order valence-electron chi connectivity index (χ3n) is 6.25. The number of likely N-dealkylation sites (N-methyl/N-ethyl adjacent to an activating group) is 1. The summed E-state index contributed by atoms with van der Waals surface area (Å²) in [6.45, 7) is 4.16. The van der Waals surface area contributed by atoms with Crippen LogP contribution in [0.15, 0.2) is 42.7 Å². The van der Waals surface area contributed by atoms with Crippen molar-refractivity contribution in [3.63, 3.8) is 0 Å². The van der Waals surface area contributed by atoms with Crippen molar-refractivity contribution in [2.75, 3.05) is 45.2 Å². The summed E-state index contributed by atoms with van der Waals surface area (Å²) in [5.41, 5.74) is 2.06. The Bertz CT molecular complexity index is 818. The van der Waals surface area contributed by atoms with Crippen LogP contribution in [0.2, 0.25) is 0 Å². The van der Waals surface area contributed by atoms with Crippen molar-refractivity contribution in [3.05, 3.63) is 54.0 Å². The molecule has 1 aromatic heterocycles. The largest absolute Gasteiger partial charge is 0.464 e. The number of piperidine rings is 2. The molecule has 148 valence electrons. The van der Waals surface area contributed by atoms with Gasteiger partial charge in [0.05, 0.1) is 19.5 Å². The molecular weight excluding hydrogens is 352 g/mol. The topological polar surface area (TPSA) is 58.6 Å². The van der Waals surface area contributed by atoms with Gasteiger partial charge in [0.15, 0.2) is 5.69 Å². The van der Waals surface area contributed by atoms with E-state index in [1.807, 2.05) is 0 Å². The molecule has 28 heavy (non-hydrogen) atoms. The highest BCUT2D eigenvalue weighted by Gasteiger charge is 2.41. The normalized spacial score (nSPS) is 22.2. The second-order valence-corrected chi connectivity index (χ2v) is 8.25. The summed E-state index contributed by atoms with van der Waals surface area (Å²) < 4.78 is 4.77. The lowest BCUT2D eigenvalue weighted by Crippen LogP contribution is -2.50. The van der Waals surface area contributed by atoms with Crippen LogP contribution in [0.4, 0.5) is 5.82 Å². The average molecular weight is 380 g/mol. The van der Waals surface area contributed by atoms with E-state index in [9.17, 15) is 4.79 Å². The van der Waals surface area contributed by atoms with Gasteiger partial charge in [-0.2, -0.15) is 0 Å². The van der Waals surface area contributed by atoms with E-state index in [1.54, 1.807) is 6.20 Å². The van der Waals surface area contributed by atoms with Crippen LogP contribution in [0, 0.1) is 5.41 Å². The number of methoxy groups -OCH3 is 1. The molecule has 4 rings (SSSR count). The van der Waals surface area contributed by atoms with Crippen LogP contribution in [-0.4, -0.2) is 61.2 Å². The Labute approximate surface area is 166 Å². The van der Waals surface area contributed by atoms with E-state index in [0.717, 1.165) is 44.8 Å². The molecule has 3 heterocycles. The van der Waals surface area contributed by atoms with E-state index in [1.165, 1.54) is 25.3 Å². The predicted octanol–water partition coefficient (Wildman–Crippen LogP) is 2.97. The number of carbonyl (C=O) groups excluding carboxylic acids is 1. The van der Waals surface area contributed by atoms with Gasteiger partial charge in [0.1, 0.15) is 5.82 Å². The lowest BCUT2D eigenvalue weighted by molar-refractivity contribution is 0.0592. The van der Waals surface area contributed by atoms with E-state index >= 15 is 0 Å². The molecule has 0 bridgehead atoms. The highest BCUT2D eigenvalue weighted by Crippen LogP contribution is 2.45. The van der Waals surface area contributed by atoms with Crippen molar-refractivity contribution in [1.82, 2.24) is 14.9 Å². The van der Waals surface area contributed by atoms with E-state index < -0.39 is 5.97 Å². The first-order chi connectivity index (χ1) is 13.6. The van der Waals surface area contributed by atoms with Gasteiger partial charge in [-0.05, 0) is 43.2 Å². The molecule has 0 aliphatic carbocycles. The maximum absolute atomic E-state index is 11.7. The molecule has 1 aromatic carbocycles. The molecule has 2 aliphatic heterocycles. The highest BCUT2D eigenvalue weighted by atomic mass is 16.5. The van der Waals surface area contributed by atoms with Gasteiger partial charge in [-0.1, -0.05) is 30.3 Å². The molecule has 0 radical (unpaired) electrons. The van der Waals surface area contributed by atoms with Crippen molar-refractivity contribution < 1.29 is 9.53 Å². The maximum atomic E-state index is 11.7. The zero-order chi connectivity index (χ0) is 19.6. The van der Waals surface area contributed by atoms with Crippen molar-refractivity contribution in [2.24, 2.45) is 5.41 Å². The monoisotopic (exact) mass is 380 g/mol. The molecule has 2 aromatic rings. The molecule has 0 saturated carbocycles. The fourth-order valence-electron chi connectivity index (χ4n) is 4.90. The molecular formula is C22H28N4O2. The lowest BCUT2D eigenvalue weighted by Gasteiger charge is -2.49. The quantitative estimate of drug-likeness (QED) is 0.763. The first-order valence-electron chi connectivity index (χ1n) is 9.97. The van der Waals surface area contributed by atoms with Crippen LogP contribution < -0.4 is 4.90 Å². The van der Waals surface area contributed by atoms with E-state index in [2.05, 4.69) is 57.1 Å². The lowest BCUT2D eigenvalue weighted by atomic mass is 9.68. The van der Waals surface area contributed by atoms with Crippen LogP contribution >= 0.6 is 0 Å². The standard InChI is InChI=1S/C22H28N4O2/c1-25-15-18(17-6-4-3-5-7-17)12-22(16-25)8-10-26(11-9-22)20-14-23-13-19(24-20)21(27)28-2/h3-7,13-14,18H,8-12,15-16H2,1-2H3/t18-/m1/s1. The number of carbonyl (C=O) groups is 1. The van der Waals surface area contributed by atoms with Gasteiger partial charge in [-0.25, -0.2) is 9.78 Å². The zero-order valence-corrected chi connectivity index (χ0v) is 16.7. The summed E-state index contributed by atoms with van der Waals surface area (Å²) in [6, 6.07) is 10.9. The molecule has 2 fully saturated rings. The van der Waals surface area contributed by atoms with Crippen LogP contribution in [0.3, 0.4) is 0 Å². The highest BCUT2D eigenvalue weighted by molar-refractivity contribution is 5.87. The van der Waals surface area contributed by atoms with Gasteiger partial charge < -0.3 is 14.5 Å². The first kappa shape index (κ1) is 18.9. The number of hydrogen-bond donors (Lipinski definition) is 0. The Kier molecular flexibility index (Phi) is 5.31. The van der Waals surface area contributed by atoms with Crippen LogP contribution in [0.1, 0.15) is 41.2 Å². The number of ether oxygens (including phenoxy) is 1. The minimum Gasteiger partial charge on any atom is -0.464 e. The number of esters is 1. The van der Waals surface area contributed by atoms with E-state index in [-0.39, 0.29) is 5.69 Å². The SMILES string of the molecule is COC(=O)c1cncc(N2CCC3(CC2)C[C@@H](c2ccccc2)CN(C)C3)n1. The Morgan fingerprint density at radius 2 is 1.93 bits per heavy atom. The summed E-state index contributed by atoms with van der Waals surface area (Å²) >= 11 is 0. The van der Waals surface area contributed by atoms with Crippen molar-refractivity contribution >= 4 is 11.8 Å². The molecule has 0 amide bonds. The maximum Gasteiger partial charge on any atom is 0.358 e. The molecule has 0 N–H and O–H groups in total. The van der Waals surface area contributed by atoms with Crippen molar-refractivity contribution in [2.45, 2.75) is 25.2 Å². The summed E-state index contributed by atoms with van der Waals surface area (Å²) in [7, 11) is 3.61. The Morgan fingerprint density at radius 3 is 2.64 bits per heavy atom. The van der Waals surface area contributed by atoms with Gasteiger partial charge in [-0.15, -0.1) is 0 Å². The second kappa shape index (κ2) is 7.87. The Morgan fingerprint density at radius 1 is 1.18 bits per heavy atom. The van der Waals surface area contributed by atoms with Crippen LogP contribution in [0.5, 0.6) is 0 Å². The number of aromatic nitrogens is 2. The molecule has 2 aliphatic rings. The van der Waals surface area contributed by atoms with Crippen molar-refractivity contribution in [1.29, 1.82) is 0 Å². The van der Waals surface area contributed by atoms with Gasteiger partial charge in [0.2, 0.25) is 0 Å². The summed E-state index contributed by atoms with van der Waals surface area (Å²) in [5.74, 6) is 0.915. The Hall–Kier alpha value is -2.47. The molecule has 1 atom stereocenters. The second-order valence-electron chi connectivity index (χ2n) is 8.25. The fourth-order valence-corrected chi connectivity index (χ4v) is 4.90. The van der Waals surface area contributed by atoms with Crippen molar-refractivity contribution in [3.8, 4) is 0 Å². The minimum absolute atomic E-state index is 0.266. The smallest absolute Gasteiger partial charge is 0.358 e. The molecule has 0 unspecified atom stereocenters. The number of anilines is 1. The average Bonchev–Trinajstić information content (AvgIpc) is 2.74. The predicted molar refractivity (Wildman–Crippen MR) is 109 cm³/mol. The van der Waals surface area contributed by atoms with Gasteiger partial charge in [-0.3, -0.25) is 4.98 Å². The van der Waals surface area contributed by atoms with E-state index in [4.69, 9.17) is 4.74 Å². The van der Waals surface area contributed by atoms with Gasteiger partial charge in [0, 0.05) is 26.2 Å². The Balaban J connectivity index is 1.46. The number of nitrogens with zero attached hydrogens (tertiary/aromatic N) is 4. The van der Waals surface area contributed by atoms with E-state index in [0.29, 0.717) is 11.3 Å². The number of benzene rings is 1.